The molecule has 8 heteroatoms. The van der Waals surface area contributed by atoms with E-state index < -0.39 is 17.5 Å². The van der Waals surface area contributed by atoms with Gasteiger partial charge in [-0.1, -0.05) is 6.07 Å². The molecule has 1 saturated heterocycles. The Morgan fingerprint density at radius 2 is 1.83 bits per heavy atom. The molecule has 1 unspecified atom stereocenters. The van der Waals surface area contributed by atoms with Crippen molar-refractivity contribution in [2.45, 2.75) is 32.7 Å². The van der Waals surface area contributed by atoms with E-state index in [-0.39, 0.29) is 12.3 Å². The Hall–Kier alpha value is -3.29. The number of imide groups is 1. The van der Waals surface area contributed by atoms with Crippen LogP contribution in [0.1, 0.15) is 40.7 Å². The maximum absolute atomic E-state index is 13.2. The van der Waals surface area contributed by atoms with Gasteiger partial charge in [0.1, 0.15) is 5.54 Å². The molecule has 0 spiro atoms. The highest BCUT2D eigenvalue weighted by molar-refractivity contribution is 6.11. The van der Waals surface area contributed by atoms with Gasteiger partial charge >= 0.3 is 6.03 Å². The summed E-state index contributed by atoms with van der Waals surface area (Å²) in [4.78, 5) is 39.6. The Bertz CT molecular complexity index is 1060. The van der Waals surface area contributed by atoms with E-state index in [1.807, 2.05) is 25.5 Å². The molecule has 1 fully saturated rings. The fraction of sp³-hybridized carbons (Fsp3) is 0.409. The number of urea groups is 1. The minimum absolute atomic E-state index is 0.275. The monoisotopic (exact) mass is 411 g/mol. The first-order chi connectivity index (χ1) is 14.2. The van der Waals surface area contributed by atoms with E-state index >= 15 is 0 Å². The maximum atomic E-state index is 13.2. The van der Waals surface area contributed by atoms with Crippen LogP contribution in [0.3, 0.4) is 0 Å². The molecule has 8 nitrogen and oxygen atoms in total. The number of benzene rings is 1. The molecular weight excluding hydrogens is 386 g/mol. The number of rotatable bonds is 4. The van der Waals surface area contributed by atoms with Crippen molar-refractivity contribution in [3.8, 4) is 11.5 Å². The number of amides is 3. The first kappa shape index (κ1) is 20.0. The highest BCUT2D eigenvalue weighted by atomic mass is 16.5. The van der Waals surface area contributed by atoms with Crippen molar-refractivity contribution < 1.29 is 23.9 Å². The lowest BCUT2D eigenvalue weighted by Crippen LogP contribution is -2.41. The molecule has 30 heavy (non-hydrogen) atoms. The maximum Gasteiger partial charge on any atom is 0.325 e. The zero-order valence-electron chi connectivity index (χ0n) is 17.6. The smallest absolute Gasteiger partial charge is 0.325 e. The molecule has 4 rings (SSSR count). The molecule has 2 aromatic rings. The van der Waals surface area contributed by atoms with Crippen LogP contribution in [0.25, 0.3) is 0 Å². The standard InChI is InChI=1S/C22H25N3O5/c1-13-10-16(14(2)24(13)4)17(26)12-25-20(27)22(3,23-21(25)28)15-6-7-18-19(11-15)30-9-5-8-29-18/h6-7,10-11H,5,8-9,12H2,1-4H3,(H,23,28). The van der Waals surface area contributed by atoms with E-state index in [0.29, 0.717) is 35.8 Å². The van der Waals surface area contributed by atoms with Crippen LogP contribution >= 0.6 is 0 Å². The highest BCUT2D eigenvalue weighted by Crippen LogP contribution is 2.36. The molecule has 1 aromatic carbocycles. The highest BCUT2D eigenvalue weighted by Gasteiger charge is 2.50. The van der Waals surface area contributed by atoms with E-state index in [0.717, 1.165) is 22.7 Å². The third kappa shape index (κ3) is 3.12. The van der Waals surface area contributed by atoms with E-state index in [2.05, 4.69) is 5.32 Å². The summed E-state index contributed by atoms with van der Waals surface area (Å²) in [5.74, 6) is 0.403. The van der Waals surface area contributed by atoms with Gasteiger partial charge in [-0.15, -0.1) is 0 Å². The van der Waals surface area contributed by atoms with E-state index in [9.17, 15) is 14.4 Å². The predicted octanol–water partition coefficient (Wildman–Crippen LogP) is 2.45. The fourth-order valence-electron chi connectivity index (χ4n) is 3.88. The van der Waals surface area contributed by atoms with Gasteiger partial charge in [0.25, 0.3) is 5.91 Å². The van der Waals surface area contributed by atoms with Gasteiger partial charge in [-0.3, -0.25) is 14.5 Å². The number of nitrogens with zero attached hydrogens (tertiary/aromatic N) is 2. The number of nitrogens with one attached hydrogen (secondary N) is 1. The largest absolute Gasteiger partial charge is 0.490 e. The van der Waals surface area contributed by atoms with Gasteiger partial charge in [-0.25, -0.2) is 4.79 Å². The number of aromatic nitrogens is 1. The van der Waals surface area contributed by atoms with Gasteiger partial charge in [0.2, 0.25) is 0 Å². The zero-order chi connectivity index (χ0) is 21.6. The Labute approximate surface area is 174 Å². The van der Waals surface area contributed by atoms with Gasteiger partial charge < -0.3 is 19.4 Å². The van der Waals surface area contributed by atoms with Crippen molar-refractivity contribution in [3.05, 3.63) is 46.8 Å². The predicted molar refractivity (Wildman–Crippen MR) is 109 cm³/mol. The molecule has 158 valence electrons. The zero-order valence-corrected chi connectivity index (χ0v) is 17.6. The van der Waals surface area contributed by atoms with Crippen LogP contribution in [0.2, 0.25) is 0 Å². The number of Topliss-reactive ketones (excluding diaryl/α,β-unsaturated/α-hetero) is 1. The Balaban J connectivity index is 1.59. The molecule has 2 aliphatic rings. The number of carbonyl (C=O) groups is 3. The molecule has 0 radical (unpaired) electrons. The van der Waals surface area contributed by atoms with Gasteiger partial charge in [-0.05, 0) is 44.5 Å². The average molecular weight is 411 g/mol. The second kappa shape index (κ2) is 7.19. The Morgan fingerprint density at radius 3 is 2.50 bits per heavy atom. The third-order valence-electron chi connectivity index (χ3n) is 5.98. The number of carbonyl (C=O) groups excluding carboxylic acids is 3. The summed E-state index contributed by atoms with van der Waals surface area (Å²) in [5.41, 5.74) is 1.54. The van der Waals surface area contributed by atoms with Crippen molar-refractivity contribution in [1.29, 1.82) is 0 Å². The molecule has 1 aromatic heterocycles. The minimum Gasteiger partial charge on any atom is -0.490 e. The molecule has 0 aliphatic carbocycles. The van der Waals surface area contributed by atoms with Crippen molar-refractivity contribution >= 4 is 17.7 Å². The lowest BCUT2D eigenvalue weighted by atomic mass is 9.91. The van der Waals surface area contributed by atoms with Gasteiger partial charge in [-0.2, -0.15) is 0 Å². The summed E-state index contributed by atoms with van der Waals surface area (Å²) in [6.45, 7) is 6.15. The molecular formula is C22H25N3O5. The van der Waals surface area contributed by atoms with E-state index in [4.69, 9.17) is 9.47 Å². The van der Waals surface area contributed by atoms with Crippen molar-refractivity contribution in [1.82, 2.24) is 14.8 Å². The van der Waals surface area contributed by atoms with Gasteiger partial charge in [0, 0.05) is 30.4 Å². The topological polar surface area (TPSA) is 89.9 Å². The number of hydrogen-bond acceptors (Lipinski definition) is 5. The number of aryl methyl sites for hydroxylation is 1. The summed E-state index contributed by atoms with van der Waals surface area (Å²) in [6.07, 6.45) is 0.769. The summed E-state index contributed by atoms with van der Waals surface area (Å²) in [5, 5.41) is 2.74. The summed E-state index contributed by atoms with van der Waals surface area (Å²) < 4.78 is 13.3. The third-order valence-corrected chi connectivity index (χ3v) is 5.98. The molecule has 0 bridgehead atoms. The number of fused-ring (bicyclic) bond motifs is 1. The van der Waals surface area contributed by atoms with Crippen LogP contribution in [0.15, 0.2) is 24.3 Å². The van der Waals surface area contributed by atoms with Crippen LogP contribution in [0.4, 0.5) is 4.79 Å². The van der Waals surface area contributed by atoms with Crippen molar-refractivity contribution in [2.75, 3.05) is 19.8 Å². The summed E-state index contributed by atoms with van der Waals surface area (Å²) in [6, 6.07) is 6.38. The van der Waals surface area contributed by atoms with Crippen molar-refractivity contribution in [3.63, 3.8) is 0 Å². The summed E-state index contributed by atoms with van der Waals surface area (Å²) in [7, 11) is 1.87. The van der Waals surface area contributed by atoms with Gasteiger partial charge in [0.05, 0.1) is 19.8 Å². The molecule has 2 aliphatic heterocycles. The molecule has 3 amide bonds. The van der Waals surface area contributed by atoms with Crippen molar-refractivity contribution in [2.24, 2.45) is 7.05 Å². The number of hydrogen-bond donors (Lipinski definition) is 1. The van der Waals surface area contributed by atoms with Crippen LogP contribution in [0, 0.1) is 13.8 Å². The van der Waals surface area contributed by atoms with E-state index in [1.54, 1.807) is 31.2 Å². The molecule has 1 N–H and O–H groups in total. The Morgan fingerprint density at radius 1 is 1.13 bits per heavy atom. The lowest BCUT2D eigenvalue weighted by molar-refractivity contribution is -0.130. The first-order valence-corrected chi connectivity index (χ1v) is 9.92. The molecule has 1 atom stereocenters. The molecule has 3 heterocycles. The van der Waals surface area contributed by atoms with E-state index in [1.165, 1.54) is 0 Å². The second-order valence-electron chi connectivity index (χ2n) is 7.93. The lowest BCUT2D eigenvalue weighted by Gasteiger charge is -2.23. The van der Waals surface area contributed by atoms with Crippen LogP contribution < -0.4 is 14.8 Å². The van der Waals surface area contributed by atoms with Crippen LogP contribution in [-0.2, 0) is 17.4 Å². The summed E-state index contributed by atoms with van der Waals surface area (Å²) >= 11 is 0. The fourth-order valence-corrected chi connectivity index (χ4v) is 3.88. The molecule has 0 saturated carbocycles. The van der Waals surface area contributed by atoms with Crippen LogP contribution in [0.5, 0.6) is 11.5 Å². The number of ketones is 1. The SMILES string of the molecule is Cc1cc(C(=O)CN2C(=O)NC(C)(c3ccc4c(c3)OCCCO4)C2=O)c(C)n1C. The quantitative estimate of drug-likeness (QED) is 0.617. The van der Waals surface area contributed by atoms with Gasteiger partial charge in [0.15, 0.2) is 17.3 Å². The second-order valence-corrected chi connectivity index (χ2v) is 7.93. The first-order valence-electron chi connectivity index (χ1n) is 9.92. The Kier molecular flexibility index (Phi) is 4.80. The minimum atomic E-state index is -1.29. The number of ether oxygens (including phenoxy) is 2. The normalized spacial score (nSPS) is 20.9. The average Bonchev–Trinajstić information content (AvgIpc) is 3.00. The van der Waals surface area contributed by atoms with Crippen LogP contribution in [-0.4, -0.2) is 46.9 Å².